The number of rotatable bonds is 5. The van der Waals surface area contributed by atoms with E-state index in [0.717, 1.165) is 38.8 Å². The van der Waals surface area contributed by atoms with Crippen molar-refractivity contribution in [3.05, 3.63) is 0 Å². The van der Waals surface area contributed by atoms with Gasteiger partial charge in [0.2, 0.25) is 0 Å². The number of nitrogens with one attached hydrogen (secondary N) is 1. The fraction of sp³-hybridized carbons (Fsp3) is 0.867. The Labute approximate surface area is 122 Å². The van der Waals surface area contributed by atoms with E-state index in [9.17, 15) is 4.79 Å². The predicted octanol–water partition coefficient (Wildman–Crippen LogP) is 3.13. The summed E-state index contributed by atoms with van der Waals surface area (Å²) in [5.41, 5.74) is 4.92. The molecule has 1 aliphatic heterocycles. The van der Waals surface area contributed by atoms with Crippen molar-refractivity contribution in [3.63, 3.8) is 0 Å². The number of amidine groups is 1. The van der Waals surface area contributed by atoms with Crippen molar-refractivity contribution in [2.24, 2.45) is 11.7 Å². The van der Waals surface area contributed by atoms with Gasteiger partial charge in [0.1, 0.15) is 5.60 Å². The van der Waals surface area contributed by atoms with Crippen LogP contribution in [0.3, 0.4) is 0 Å². The number of ether oxygens (including phenoxy) is 1. The molecule has 1 fully saturated rings. The van der Waals surface area contributed by atoms with Gasteiger partial charge in [0.25, 0.3) is 0 Å². The van der Waals surface area contributed by atoms with E-state index in [1.165, 1.54) is 6.42 Å². The molecule has 0 spiro atoms. The molecule has 116 valence electrons. The highest BCUT2D eigenvalue weighted by Gasteiger charge is 2.26. The highest BCUT2D eigenvalue weighted by molar-refractivity contribution is 5.76. The first-order chi connectivity index (χ1) is 9.28. The summed E-state index contributed by atoms with van der Waals surface area (Å²) in [7, 11) is 0. The number of nitrogens with zero attached hydrogens (tertiary/aromatic N) is 1. The lowest BCUT2D eigenvalue weighted by molar-refractivity contribution is 0.0180. The third-order valence-corrected chi connectivity index (χ3v) is 3.57. The van der Waals surface area contributed by atoms with E-state index in [2.05, 4.69) is 0 Å². The minimum absolute atomic E-state index is 0.187. The molecule has 1 saturated heterocycles. The second-order valence-electron chi connectivity index (χ2n) is 6.68. The van der Waals surface area contributed by atoms with Crippen LogP contribution in [0.15, 0.2) is 0 Å². The number of amides is 1. The van der Waals surface area contributed by atoms with Gasteiger partial charge in [-0.1, -0.05) is 12.8 Å². The minimum atomic E-state index is -0.416. The van der Waals surface area contributed by atoms with Gasteiger partial charge in [-0.05, 0) is 46.0 Å². The zero-order valence-corrected chi connectivity index (χ0v) is 13.1. The number of hydrogen-bond donors (Lipinski definition) is 2. The van der Waals surface area contributed by atoms with Crippen LogP contribution in [-0.2, 0) is 4.74 Å². The summed E-state index contributed by atoms with van der Waals surface area (Å²) in [6, 6.07) is 0. The van der Waals surface area contributed by atoms with Crippen LogP contribution in [0.25, 0.3) is 0 Å². The summed E-state index contributed by atoms with van der Waals surface area (Å²) >= 11 is 0. The molecule has 5 nitrogen and oxygen atoms in total. The highest BCUT2D eigenvalue weighted by Crippen LogP contribution is 2.24. The monoisotopic (exact) mass is 283 g/mol. The van der Waals surface area contributed by atoms with Crippen molar-refractivity contribution in [1.82, 2.24) is 4.90 Å². The smallest absolute Gasteiger partial charge is 0.410 e. The fourth-order valence-electron chi connectivity index (χ4n) is 2.48. The van der Waals surface area contributed by atoms with E-state index < -0.39 is 5.60 Å². The Morgan fingerprint density at radius 3 is 2.40 bits per heavy atom. The lowest BCUT2D eigenvalue weighted by Gasteiger charge is -2.33. The highest BCUT2D eigenvalue weighted by atomic mass is 16.6. The van der Waals surface area contributed by atoms with Crippen LogP contribution in [0.1, 0.15) is 59.3 Å². The quantitative estimate of drug-likeness (QED) is 0.462. The maximum atomic E-state index is 11.9. The number of hydrogen-bond acceptors (Lipinski definition) is 3. The Hall–Kier alpha value is -1.26. The topological polar surface area (TPSA) is 79.4 Å². The van der Waals surface area contributed by atoms with Crippen LogP contribution in [0, 0.1) is 11.3 Å². The van der Waals surface area contributed by atoms with E-state index in [-0.39, 0.29) is 11.9 Å². The maximum Gasteiger partial charge on any atom is 0.410 e. The van der Waals surface area contributed by atoms with Crippen LogP contribution in [0.4, 0.5) is 4.79 Å². The Kier molecular flexibility index (Phi) is 6.30. The molecule has 1 rings (SSSR count). The van der Waals surface area contributed by atoms with Gasteiger partial charge in [0.15, 0.2) is 0 Å². The number of unbranched alkanes of at least 4 members (excludes halogenated alkanes) is 1. The molecule has 0 radical (unpaired) electrons. The van der Waals surface area contributed by atoms with E-state index >= 15 is 0 Å². The first-order valence-corrected chi connectivity index (χ1v) is 7.59. The Balaban J connectivity index is 2.19. The molecular formula is C15H29N3O2. The number of piperidine rings is 1. The van der Waals surface area contributed by atoms with Crippen molar-refractivity contribution < 1.29 is 9.53 Å². The Bertz CT molecular complexity index is 329. The zero-order valence-electron chi connectivity index (χ0n) is 13.1. The number of nitrogens with two attached hydrogens (primary N) is 1. The van der Waals surface area contributed by atoms with Gasteiger partial charge in [-0.2, -0.15) is 0 Å². The van der Waals surface area contributed by atoms with E-state index in [1.807, 2.05) is 25.7 Å². The summed E-state index contributed by atoms with van der Waals surface area (Å²) in [5.74, 6) is 0.977. The molecule has 1 aliphatic rings. The second kappa shape index (κ2) is 7.50. The molecule has 0 atom stereocenters. The van der Waals surface area contributed by atoms with E-state index in [4.69, 9.17) is 15.9 Å². The molecule has 20 heavy (non-hydrogen) atoms. The summed E-state index contributed by atoms with van der Waals surface area (Å²) in [4.78, 5) is 13.7. The molecule has 1 amide bonds. The third kappa shape index (κ3) is 6.78. The van der Waals surface area contributed by atoms with Crippen LogP contribution < -0.4 is 5.73 Å². The summed E-state index contributed by atoms with van der Waals surface area (Å²) < 4.78 is 5.39. The van der Waals surface area contributed by atoms with Gasteiger partial charge in [-0.15, -0.1) is 0 Å². The fourth-order valence-corrected chi connectivity index (χ4v) is 2.48. The number of carbonyl (C=O) groups excluding carboxylic acids is 1. The summed E-state index contributed by atoms with van der Waals surface area (Å²) in [6.07, 6.45) is 5.93. The minimum Gasteiger partial charge on any atom is -0.444 e. The average molecular weight is 283 g/mol. The third-order valence-electron chi connectivity index (χ3n) is 3.57. The molecule has 0 unspecified atom stereocenters. The molecule has 0 bridgehead atoms. The molecule has 0 aromatic rings. The van der Waals surface area contributed by atoms with Crippen molar-refractivity contribution >= 4 is 11.9 Å². The molecule has 0 aliphatic carbocycles. The van der Waals surface area contributed by atoms with Crippen LogP contribution >= 0.6 is 0 Å². The lowest BCUT2D eigenvalue weighted by Crippen LogP contribution is -2.41. The lowest BCUT2D eigenvalue weighted by atomic mass is 9.91. The Morgan fingerprint density at radius 1 is 1.30 bits per heavy atom. The molecule has 0 aromatic carbocycles. The van der Waals surface area contributed by atoms with Crippen LogP contribution in [0.5, 0.6) is 0 Å². The average Bonchev–Trinajstić information content (AvgIpc) is 2.33. The van der Waals surface area contributed by atoms with Gasteiger partial charge in [0, 0.05) is 19.5 Å². The first-order valence-electron chi connectivity index (χ1n) is 7.59. The zero-order chi connectivity index (χ0) is 15.2. The van der Waals surface area contributed by atoms with Crippen LogP contribution in [-0.4, -0.2) is 35.5 Å². The normalized spacial score (nSPS) is 17.1. The van der Waals surface area contributed by atoms with E-state index in [1.54, 1.807) is 0 Å². The maximum absolute atomic E-state index is 11.9. The van der Waals surface area contributed by atoms with Gasteiger partial charge in [0.05, 0.1) is 5.84 Å². The Morgan fingerprint density at radius 2 is 1.90 bits per heavy atom. The second-order valence-corrected chi connectivity index (χ2v) is 6.68. The number of carbonyl (C=O) groups is 1. The largest absolute Gasteiger partial charge is 0.444 e. The van der Waals surface area contributed by atoms with Gasteiger partial charge >= 0.3 is 6.09 Å². The van der Waals surface area contributed by atoms with E-state index in [0.29, 0.717) is 12.3 Å². The first kappa shape index (κ1) is 16.8. The van der Waals surface area contributed by atoms with Crippen LogP contribution in [0.2, 0.25) is 0 Å². The molecule has 0 saturated carbocycles. The summed E-state index contributed by atoms with van der Waals surface area (Å²) in [5, 5.41) is 7.18. The predicted molar refractivity (Wildman–Crippen MR) is 80.9 cm³/mol. The SMILES string of the molecule is CC(C)(C)OC(=O)N1CCC(CCCCC(=N)N)CC1. The van der Waals surface area contributed by atoms with Gasteiger partial charge < -0.3 is 15.4 Å². The molecule has 1 heterocycles. The van der Waals surface area contributed by atoms with Crippen molar-refractivity contribution in [1.29, 1.82) is 5.41 Å². The molecular weight excluding hydrogens is 254 g/mol. The standard InChI is InChI=1S/C15H29N3O2/c1-15(2,3)20-14(19)18-10-8-12(9-11-18)6-4-5-7-13(16)17/h12H,4-11H2,1-3H3,(H3,16,17). The van der Waals surface area contributed by atoms with Gasteiger partial charge in [-0.3, -0.25) is 5.41 Å². The molecule has 5 heteroatoms. The number of likely N-dealkylation sites (tertiary alicyclic amines) is 1. The van der Waals surface area contributed by atoms with Crippen molar-refractivity contribution in [2.45, 2.75) is 64.9 Å². The summed E-state index contributed by atoms with van der Waals surface area (Å²) in [6.45, 7) is 7.28. The molecule has 3 N–H and O–H groups in total. The van der Waals surface area contributed by atoms with Crippen molar-refractivity contribution in [2.75, 3.05) is 13.1 Å². The van der Waals surface area contributed by atoms with Gasteiger partial charge in [-0.25, -0.2) is 4.79 Å². The molecule has 0 aromatic heterocycles. The van der Waals surface area contributed by atoms with Crippen molar-refractivity contribution in [3.8, 4) is 0 Å².